The molecule has 1 aromatic heterocycles. The second kappa shape index (κ2) is 10.7. The van der Waals surface area contributed by atoms with Crippen molar-refractivity contribution in [2.24, 2.45) is 0 Å². The largest absolute Gasteiger partial charge is 0.299 e. The summed E-state index contributed by atoms with van der Waals surface area (Å²) in [6.07, 6.45) is 0. The Bertz CT molecular complexity index is 1100. The van der Waals surface area contributed by atoms with Crippen LogP contribution < -0.4 is 0 Å². The lowest BCUT2D eigenvalue weighted by molar-refractivity contribution is 0.114. The van der Waals surface area contributed by atoms with Crippen molar-refractivity contribution in [2.45, 2.75) is 25.4 Å². The maximum atomic E-state index is 4.52. The van der Waals surface area contributed by atoms with Crippen LogP contribution in [0.3, 0.4) is 0 Å². The van der Waals surface area contributed by atoms with Crippen LogP contribution in [0.4, 0.5) is 0 Å². The van der Waals surface area contributed by atoms with Crippen LogP contribution in [-0.2, 0) is 6.54 Å². The quantitative estimate of drug-likeness (QED) is 0.400. The third-order valence-electron chi connectivity index (χ3n) is 6.70. The van der Waals surface area contributed by atoms with Gasteiger partial charge in [-0.15, -0.1) is 5.10 Å². The summed E-state index contributed by atoms with van der Waals surface area (Å²) in [5.74, 6) is 0.898. The van der Waals surface area contributed by atoms with Crippen LogP contribution in [0.1, 0.15) is 41.4 Å². The lowest BCUT2D eigenvalue weighted by atomic mass is 9.90. The van der Waals surface area contributed by atoms with E-state index in [1.807, 2.05) is 4.68 Å². The van der Waals surface area contributed by atoms with E-state index in [0.717, 1.165) is 45.1 Å². The van der Waals surface area contributed by atoms with Gasteiger partial charge in [-0.2, -0.15) is 0 Å². The van der Waals surface area contributed by atoms with Gasteiger partial charge in [-0.05, 0) is 34.0 Å². The van der Waals surface area contributed by atoms with Crippen LogP contribution in [0.2, 0.25) is 0 Å². The molecule has 3 aromatic carbocycles. The number of hydrogen-bond donors (Lipinski definition) is 0. The zero-order chi connectivity index (χ0) is 23.2. The fraction of sp³-hybridized carbons (Fsp3) is 0.321. The first kappa shape index (κ1) is 22.4. The van der Waals surface area contributed by atoms with E-state index >= 15 is 0 Å². The molecule has 0 amide bonds. The Morgan fingerprint density at radius 2 is 1.24 bits per heavy atom. The average Bonchev–Trinajstić information content (AvgIpc) is 3.37. The van der Waals surface area contributed by atoms with Crippen molar-refractivity contribution in [1.82, 2.24) is 30.0 Å². The van der Waals surface area contributed by atoms with E-state index in [9.17, 15) is 0 Å². The molecule has 0 aliphatic carbocycles. The summed E-state index contributed by atoms with van der Waals surface area (Å²) >= 11 is 0. The summed E-state index contributed by atoms with van der Waals surface area (Å²) in [5, 5.41) is 13.1. The van der Waals surface area contributed by atoms with E-state index in [-0.39, 0.29) is 12.0 Å². The zero-order valence-electron chi connectivity index (χ0n) is 19.7. The van der Waals surface area contributed by atoms with E-state index in [1.54, 1.807) is 0 Å². The predicted octanol–water partition coefficient (Wildman–Crippen LogP) is 4.23. The average molecular weight is 453 g/mol. The molecule has 1 aliphatic heterocycles. The molecular weight excluding hydrogens is 420 g/mol. The van der Waals surface area contributed by atoms with E-state index in [0.29, 0.717) is 0 Å². The Balaban J connectivity index is 1.28. The number of nitrogens with zero attached hydrogens (tertiary/aromatic N) is 6. The first-order chi connectivity index (χ1) is 16.8. The van der Waals surface area contributed by atoms with Crippen LogP contribution >= 0.6 is 0 Å². The number of hydrogen-bond acceptors (Lipinski definition) is 5. The highest BCUT2D eigenvalue weighted by atomic mass is 15.6. The summed E-state index contributed by atoms with van der Waals surface area (Å²) in [7, 11) is 0. The van der Waals surface area contributed by atoms with Gasteiger partial charge in [-0.1, -0.05) is 91.0 Å². The summed E-state index contributed by atoms with van der Waals surface area (Å²) in [5.41, 5.74) is 3.79. The third kappa shape index (κ3) is 5.24. The molecule has 4 aromatic rings. The number of tetrazole rings is 1. The highest BCUT2D eigenvalue weighted by molar-refractivity contribution is 5.38. The molecule has 6 heteroatoms. The Labute approximate surface area is 201 Å². The maximum absolute atomic E-state index is 4.52. The van der Waals surface area contributed by atoms with E-state index in [4.69, 9.17) is 0 Å². The summed E-state index contributed by atoms with van der Waals surface area (Å²) in [6, 6.07) is 32.0. The summed E-state index contributed by atoms with van der Waals surface area (Å²) in [4.78, 5) is 5.08. The van der Waals surface area contributed by atoms with Crippen LogP contribution in [0.15, 0.2) is 91.0 Å². The maximum Gasteiger partial charge on any atom is 0.163 e. The van der Waals surface area contributed by atoms with Gasteiger partial charge in [0.25, 0.3) is 0 Å². The molecule has 1 aliphatic rings. The summed E-state index contributed by atoms with van der Waals surface area (Å²) in [6.45, 7) is 8.49. The van der Waals surface area contributed by atoms with Gasteiger partial charge < -0.3 is 0 Å². The second-order valence-corrected chi connectivity index (χ2v) is 9.15. The highest BCUT2D eigenvalue weighted by Gasteiger charge is 2.27. The van der Waals surface area contributed by atoms with Gasteiger partial charge in [0.15, 0.2) is 5.82 Å². The van der Waals surface area contributed by atoms with Gasteiger partial charge in [-0.25, -0.2) is 4.68 Å². The fourth-order valence-corrected chi connectivity index (χ4v) is 4.91. The van der Waals surface area contributed by atoms with E-state index < -0.39 is 0 Å². The van der Waals surface area contributed by atoms with Gasteiger partial charge in [0.05, 0.1) is 12.0 Å². The number of piperazine rings is 1. The van der Waals surface area contributed by atoms with Crippen LogP contribution in [0.5, 0.6) is 0 Å². The molecular formula is C28H32N6. The van der Waals surface area contributed by atoms with Crippen molar-refractivity contribution >= 4 is 0 Å². The van der Waals surface area contributed by atoms with Gasteiger partial charge in [0, 0.05) is 39.3 Å². The first-order valence-electron chi connectivity index (χ1n) is 12.1. The van der Waals surface area contributed by atoms with Crippen molar-refractivity contribution in [3.05, 3.63) is 114 Å². The fourth-order valence-electron chi connectivity index (χ4n) is 4.91. The Morgan fingerprint density at radius 3 is 1.82 bits per heavy atom. The van der Waals surface area contributed by atoms with Crippen molar-refractivity contribution in [3.63, 3.8) is 0 Å². The molecule has 1 saturated heterocycles. The van der Waals surface area contributed by atoms with Gasteiger partial charge in [0.2, 0.25) is 0 Å². The summed E-state index contributed by atoms with van der Waals surface area (Å²) < 4.78 is 2.03. The van der Waals surface area contributed by atoms with E-state index in [1.165, 1.54) is 16.7 Å². The van der Waals surface area contributed by atoms with Gasteiger partial charge >= 0.3 is 0 Å². The van der Waals surface area contributed by atoms with Gasteiger partial charge in [0.1, 0.15) is 0 Å². The monoisotopic (exact) mass is 452 g/mol. The molecule has 0 radical (unpaired) electrons. The van der Waals surface area contributed by atoms with Crippen molar-refractivity contribution in [3.8, 4) is 0 Å². The SMILES string of the molecule is CC(CN1CCN(Cc2ccccc2)CC1)n1nnnc1C(c1ccccc1)c1ccccc1. The predicted molar refractivity (Wildman–Crippen MR) is 135 cm³/mol. The number of rotatable bonds is 8. The molecule has 34 heavy (non-hydrogen) atoms. The molecule has 1 atom stereocenters. The third-order valence-corrected chi connectivity index (χ3v) is 6.70. The van der Waals surface area contributed by atoms with Crippen LogP contribution in [0, 0.1) is 0 Å². The lowest BCUT2D eigenvalue weighted by Gasteiger charge is -2.36. The van der Waals surface area contributed by atoms with Crippen LogP contribution in [-0.4, -0.2) is 62.7 Å². The molecule has 1 unspecified atom stereocenters. The topological polar surface area (TPSA) is 50.1 Å². The number of benzene rings is 3. The zero-order valence-corrected chi connectivity index (χ0v) is 19.7. The molecule has 0 saturated carbocycles. The van der Waals surface area contributed by atoms with Crippen molar-refractivity contribution in [1.29, 1.82) is 0 Å². The molecule has 0 bridgehead atoms. The highest BCUT2D eigenvalue weighted by Crippen LogP contribution is 2.31. The van der Waals surface area contributed by atoms with Crippen LogP contribution in [0.25, 0.3) is 0 Å². The molecule has 1 fully saturated rings. The second-order valence-electron chi connectivity index (χ2n) is 9.15. The standard InChI is InChI=1S/C28H32N6/c1-23(21-32-17-19-33(20-18-32)22-24-11-5-2-6-12-24)34-28(29-30-31-34)27(25-13-7-3-8-14-25)26-15-9-4-10-16-26/h2-16,23,27H,17-22H2,1H3. The minimum atomic E-state index is 0.00238. The smallest absolute Gasteiger partial charge is 0.163 e. The molecule has 0 N–H and O–H groups in total. The van der Waals surface area contributed by atoms with E-state index in [2.05, 4.69) is 123 Å². The Morgan fingerprint density at radius 1 is 0.706 bits per heavy atom. The van der Waals surface area contributed by atoms with Gasteiger partial charge in [-0.3, -0.25) is 9.80 Å². The van der Waals surface area contributed by atoms with Crippen molar-refractivity contribution < 1.29 is 0 Å². The Kier molecular flexibility index (Phi) is 7.08. The normalized spacial score (nSPS) is 16.1. The molecule has 2 heterocycles. The molecule has 174 valence electrons. The first-order valence-corrected chi connectivity index (χ1v) is 12.1. The minimum Gasteiger partial charge on any atom is -0.299 e. The molecule has 0 spiro atoms. The lowest BCUT2D eigenvalue weighted by Crippen LogP contribution is -2.47. The van der Waals surface area contributed by atoms with Crippen molar-refractivity contribution in [2.75, 3.05) is 32.7 Å². The Hall–Kier alpha value is -3.35. The molecule has 6 nitrogen and oxygen atoms in total. The molecule has 5 rings (SSSR count). The minimum absolute atomic E-state index is 0.00238. The number of aromatic nitrogens is 4.